The molecule has 0 saturated heterocycles. The number of nitrogens with zero attached hydrogens (tertiary/aromatic N) is 1. The van der Waals surface area contributed by atoms with E-state index in [2.05, 4.69) is 4.98 Å². The van der Waals surface area contributed by atoms with Crippen LogP contribution in [0.25, 0.3) is 0 Å². The van der Waals surface area contributed by atoms with Gasteiger partial charge in [0.1, 0.15) is 5.69 Å². The number of hydrogen-bond acceptors (Lipinski definition) is 5. The molecule has 0 amide bonds. The van der Waals surface area contributed by atoms with Crippen LogP contribution in [-0.4, -0.2) is 24.7 Å². The van der Waals surface area contributed by atoms with Gasteiger partial charge in [0.2, 0.25) is 0 Å². The van der Waals surface area contributed by atoms with Gasteiger partial charge in [-0.05, 0) is 13.8 Å². The number of carbonyl (C=O) groups is 1. The van der Waals surface area contributed by atoms with Gasteiger partial charge in [-0.2, -0.15) is 0 Å². The van der Waals surface area contributed by atoms with Crippen LogP contribution in [0, 0.1) is 6.92 Å². The van der Waals surface area contributed by atoms with Crippen LogP contribution in [0.1, 0.15) is 23.3 Å². The van der Waals surface area contributed by atoms with Crippen molar-refractivity contribution < 1.29 is 18.7 Å². The number of ether oxygens (including phenoxy) is 2. The van der Waals surface area contributed by atoms with Crippen LogP contribution in [0.5, 0.6) is 5.95 Å². The van der Waals surface area contributed by atoms with E-state index in [4.69, 9.17) is 13.9 Å². The molecule has 1 aromatic rings. The van der Waals surface area contributed by atoms with Gasteiger partial charge in [-0.25, -0.2) is 9.78 Å². The molecule has 0 fully saturated rings. The Balaban J connectivity index is 2.84. The fraction of sp³-hybridized carbons (Fsp3) is 0.500. The molecule has 0 aliphatic heterocycles. The van der Waals surface area contributed by atoms with Gasteiger partial charge in [0.15, 0.2) is 0 Å². The lowest BCUT2D eigenvalue weighted by Gasteiger charge is -1.94. The van der Waals surface area contributed by atoms with Gasteiger partial charge < -0.3 is 13.9 Å². The monoisotopic (exact) mass is 185 g/mol. The molecule has 0 radical (unpaired) electrons. The zero-order valence-electron chi connectivity index (χ0n) is 7.79. The molecule has 1 heterocycles. The molecule has 0 aromatic carbocycles. The Morgan fingerprint density at radius 3 is 2.77 bits per heavy atom. The maximum absolute atomic E-state index is 11.1. The molecule has 1 aromatic heterocycles. The summed E-state index contributed by atoms with van der Waals surface area (Å²) >= 11 is 0. The predicted octanol–water partition coefficient (Wildman–Crippen LogP) is 1.17. The van der Waals surface area contributed by atoms with Crippen LogP contribution in [0.3, 0.4) is 0 Å². The van der Waals surface area contributed by atoms with E-state index in [1.165, 1.54) is 7.11 Å². The molecule has 13 heavy (non-hydrogen) atoms. The summed E-state index contributed by atoms with van der Waals surface area (Å²) in [5.41, 5.74) is 0.533. The summed E-state index contributed by atoms with van der Waals surface area (Å²) in [7, 11) is 1.45. The second-order valence-corrected chi connectivity index (χ2v) is 2.32. The zero-order valence-corrected chi connectivity index (χ0v) is 7.79. The third-order valence-electron chi connectivity index (χ3n) is 1.39. The molecule has 1 rings (SSSR count). The van der Waals surface area contributed by atoms with Gasteiger partial charge in [-0.15, -0.1) is 0 Å². The van der Waals surface area contributed by atoms with E-state index in [0.717, 1.165) is 0 Å². The minimum atomic E-state index is -0.575. The molecule has 0 saturated carbocycles. The highest BCUT2D eigenvalue weighted by molar-refractivity contribution is 5.84. The minimum absolute atomic E-state index is 0.0730. The van der Waals surface area contributed by atoms with Crippen LogP contribution >= 0.6 is 0 Å². The second-order valence-electron chi connectivity index (χ2n) is 2.32. The smallest absolute Gasteiger partial charge is 0.394 e. The highest BCUT2D eigenvalue weighted by atomic mass is 16.6. The molecule has 0 unspecified atom stereocenters. The van der Waals surface area contributed by atoms with Crippen molar-refractivity contribution in [1.29, 1.82) is 0 Å². The van der Waals surface area contributed by atoms with Crippen LogP contribution in [0.2, 0.25) is 0 Å². The maximum Gasteiger partial charge on any atom is 0.394 e. The number of hydrogen-bond donors (Lipinski definition) is 0. The number of rotatable bonds is 3. The van der Waals surface area contributed by atoms with Crippen molar-refractivity contribution in [2.75, 3.05) is 13.7 Å². The second kappa shape index (κ2) is 3.93. The first-order valence-electron chi connectivity index (χ1n) is 3.87. The molecular formula is C8H11NO4. The lowest BCUT2D eigenvalue weighted by molar-refractivity contribution is 0.0475. The number of oxazole rings is 1. The van der Waals surface area contributed by atoms with Crippen LogP contribution in [-0.2, 0) is 4.74 Å². The predicted molar refractivity (Wildman–Crippen MR) is 43.7 cm³/mol. The number of aryl methyl sites for hydroxylation is 1. The number of carbonyl (C=O) groups excluding carboxylic acids is 1. The van der Waals surface area contributed by atoms with Crippen molar-refractivity contribution in [3.05, 3.63) is 11.6 Å². The molecule has 0 N–H and O–H groups in total. The van der Waals surface area contributed by atoms with Gasteiger partial charge in [0.25, 0.3) is 0 Å². The Morgan fingerprint density at radius 1 is 1.62 bits per heavy atom. The van der Waals surface area contributed by atoms with E-state index in [9.17, 15) is 4.79 Å². The van der Waals surface area contributed by atoms with Gasteiger partial charge >= 0.3 is 17.8 Å². The summed E-state index contributed by atoms with van der Waals surface area (Å²) in [4.78, 5) is 14.9. The average Bonchev–Trinajstić information content (AvgIpc) is 2.47. The molecular weight excluding hydrogens is 174 g/mol. The topological polar surface area (TPSA) is 61.6 Å². The standard InChI is InChI=1S/C8H11NO4/c1-4-12-7(10)6-9-5(2)8(11-3)13-6/h4H2,1-3H3. The van der Waals surface area contributed by atoms with Crippen LogP contribution in [0.15, 0.2) is 4.42 Å². The minimum Gasteiger partial charge on any atom is -0.467 e. The first kappa shape index (κ1) is 9.57. The van der Waals surface area contributed by atoms with Crippen LogP contribution < -0.4 is 4.74 Å². The lowest BCUT2D eigenvalue weighted by Crippen LogP contribution is -2.04. The Bertz CT molecular complexity index is 305. The summed E-state index contributed by atoms with van der Waals surface area (Å²) in [6, 6.07) is 0. The Hall–Kier alpha value is -1.52. The van der Waals surface area contributed by atoms with Crippen molar-refractivity contribution in [2.24, 2.45) is 0 Å². The van der Waals surface area contributed by atoms with Gasteiger partial charge in [-0.1, -0.05) is 0 Å². The van der Waals surface area contributed by atoms with E-state index >= 15 is 0 Å². The molecule has 0 bridgehead atoms. The van der Waals surface area contributed by atoms with Gasteiger partial charge in [0.05, 0.1) is 13.7 Å². The zero-order chi connectivity index (χ0) is 9.84. The average molecular weight is 185 g/mol. The number of aromatic nitrogens is 1. The molecule has 0 spiro atoms. The SMILES string of the molecule is CCOC(=O)c1nc(C)c(OC)o1. The van der Waals surface area contributed by atoms with Crippen molar-refractivity contribution in [2.45, 2.75) is 13.8 Å². The van der Waals surface area contributed by atoms with Crippen molar-refractivity contribution in [1.82, 2.24) is 4.98 Å². The molecule has 0 aliphatic rings. The van der Waals surface area contributed by atoms with Gasteiger partial charge in [-0.3, -0.25) is 0 Å². The third-order valence-corrected chi connectivity index (χ3v) is 1.39. The Labute approximate surface area is 75.7 Å². The van der Waals surface area contributed by atoms with Crippen molar-refractivity contribution in [3.8, 4) is 5.95 Å². The van der Waals surface area contributed by atoms with E-state index in [1.807, 2.05) is 0 Å². The summed E-state index contributed by atoms with van der Waals surface area (Å²) < 4.78 is 14.5. The fourth-order valence-electron chi connectivity index (χ4n) is 0.852. The molecule has 72 valence electrons. The summed E-state index contributed by atoms with van der Waals surface area (Å²) in [6.07, 6.45) is 0. The van der Waals surface area contributed by atoms with Crippen molar-refractivity contribution in [3.63, 3.8) is 0 Å². The van der Waals surface area contributed by atoms with E-state index in [0.29, 0.717) is 12.3 Å². The first-order chi connectivity index (χ1) is 6.19. The summed E-state index contributed by atoms with van der Waals surface area (Å²) in [5.74, 6) is -0.409. The molecule has 0 atom stereocenters. The highest BCUT2D eigenvalue weighted by Crippen LogP contribution is 2.18. The molecule has 5 heteroatoms. The summed E-state index contributed by atoms with van der Waals surface area (Å²) in [6.45, 7) is 3.69. The lowest BCUT2D eigenvalue weighted by atomic mass is 10.5. The fourth-order valence-corrected chi connectivity index (χ4v) is 0.852. The molecule has 5 nitrogen and oxygen atoms in total. The quantitative estimate of drug-likeness (QED) is 0.661. The first-order valence-corrected chi connectivity index (χ1v) is 3.87. The highest BCUT2D eigenvalue weighted by Gasteiger charge is 2.17. The number of esters is 1. The number of methoxy groups -OCH3 is 1. The van der Waals surface area contributed by atoms with Crippen molar-refractivity contribution >= 4 is 5.97 Å². The molecule has 0 aliphatic carbocycles. The van der Waals surface area contributed by atoms with E-state index in [-0.39, 0.29) is 11.8 Å². The van der Waals surface area contributed by atoms with E-state index in [1.54, 1.807) is 13.8 Å². The maximum atomic E-state index is 11.1. The third kappa shape index (κ3) is 1.99. The van der Waals surface area contributed by atoms with E-state index < -0.39 is 5.97 Å². The Morgan fingerprint density at radius 2 is 2.31 bits per heavy atom. The van der Waals surface area contributed by atoms with Gasteiger partial charge in [0, 0.05) is 0 Å². The van der Waals surface area contributed by atoms with Crippen LogP contribution in [0.4, 0.5) is 0 Å². The largest absolute Gasteiger partial charge is 0.467 e. The Kier molecular flexibility index (Phi) is 2.89. The summed E-state index contributed by atoms with van der Waals surface area (Å²) in [5, 5.41) is 0. The normalized spacial score (nSPS) is 9.77.